The van der Waals surface area contributed by atoms with Gasteiger partial charge in [-0.15, -0.1) is 24.0 Å². The molecule has 0 unspecified atom stereocenters. The molecule has 0 aliphatic carbocycles. The number of nitrogens with one attached hydrogen (secondary N) is 3. The van der Waals surface area contributed by atoms with Crippen molar-refractivity contribution < 1.29 is 19.0 Å². The van der Waals surface area contributed by atoms with E-state index in [-0.39, 0.29) is 24.0 Å². The second-order valence-electron chi connectivity index (χ2n) is 6.66. The summed E-state index contributed by atoms with van der Waals surface area (Å²) in [5, 5.41) is 9.34. The van der Waals surface area contributed by atoms with Crippen LogP contribution in [-0.4, -0.2) is 46.0 Å². The lowest BCUT2D eigenvalue weighted by Gasteiger charge is -2.13. The van der Waals surface area contributed by atoms with Crippen molar-refractivity contribution >= 4 is 41.7 Å². The predicted octanol–water partition coefficient (Wildman–Crippen LogP) is 4.15. The number of hydrogen-bond acceptors (Lipinski definition) is 5. The molecular weight excluding hydrogens is 523 g/mol. The summed E-state index contributed by atoms with van der Waals surface area (Å²) in [6.07, 6.45) is 0.403. The number of rotatable bonds is 11. The van der Waals surface area contributed by atoms with E-state index in [0.29, 0.717) is 25.4 Å². The normalized spacial score (nSPS) is 10.7. The van der Waals surface area contributed by atoms with Gasteiger partial charge in [-0.3, -0.25) is 5.32 Å². The smallest absolute Gasteiger partial charge is 0.411 e. The summed E-state index contributed by atoms with van der Waals surface area (Å²) in [6, 6.07) is 15.4. The number of benzene rings is 2. The molecule has 9 heteroatoms. The standard InChI is InChI=1S/C23H32N4O4.HI/c1-4-31-15-5-14-24-22(26-17-19-8-12-21(29-2)13-9-19)25-16-18-6-10-20(11-7-18)27-23(28)30-3;/h6-13H,4-5,14-17H2,1-3H3,(H,27,28)(H2,24,25,26);1H. The first-order valence-electron chi connectivity index (χ1n) is 10.3. The number of amides is 1. The van der Waals surface area contributed by atoms with Gasteiger partial charge in [0.2, 0.25) is 0 Å². The van der Waals surface area contributed by atoms with Crippen molar-refractivity contribution in [3.63, 3.8) is 0 Å². The first-order valence-corrected chi connectivity index (χ1v) is 10.3. The Balaban J connectivity index is 0.00000512. The van der Waals surface area contributed by atoms with Crippen molar-refractivity contribution in [2.24, 2.45) is 4.99 Å². The van der Waals surface area contributed by atoms with Crippen LogP contribution in [0.15, 0.2) is 53.5 Å². The summed E-state index contributed by atoms with van der Waals surface area (Å²) in [5.74, 6) is 1.55. The zero-order chi connectivity index (χ0) is 22.3. The summed E-state index contributed by atoms with van der Waals surface area (Å²) >= 11 is 0. The van der Waals surface area contributed by atoms with Crippen LogP contribution in [0, 0.1) is 0 Å². The molecular formula is C23H33IN4O4. The SMILES string of the molecule is CCOCCCNC(=NCc1ccc(OC)cc1)NCc1ccc(NC(=O)OC)cc1.I. The molecule has 0 saturated heterocycles. The van der Waals surface area contributed by atoms with Crippen molar-refractivity contribution in [1.29, 1.82) is 0 Å². The molecule has 0 aromatic heterocycles. The lowest BCUT2D eigenvalue weighted by molar-refractivity contribution is 0.145. The Morgan fingerprint density at radius 1 is 0.969 bits per heavy atom. The number of halogens is 1. The van der Waals surface area contributed by atoms with Gasteiger partial charge in [0.1, 0.15) is 5.75 Å². The van der Waals surface area contributed by atoms with Crippen LogP contribution in [0.4, 0.5) is 10.5 Å². The molecule has 2 rings (SSSR count). The molecule has 0 atom stereocenters. The highest BCUT2D eigenvalue weighted by molar-refractivity contribution is 14.0. The molecule has 0 heterocycles. The number of methoxy groups -OCH3 is 2. The van der Waals surface area contributed by atoms with Crippen LogP contribution in [0.3, 0.4) is 0 Å². The zero-order valence-electron chi connectivity index (χ0n) is 18.8. The lowest BCUT2D eigenvalue weighted by Crippen LogP contribution is -2.37. The quantitative estimate of drug-likeness (QED) is 0.167. The van der Waals surface area contributed by atoms with Crippen LogP contribution in [0.2, 0.25) is 0 Å². The number of carbonyl (C=O) groups excluding carboxylic acids is 1. The van der Waals surface area contributed by atoms with E-state index < -0.39 is 6.09 Å². The molecule has 1 amide bonds. The van der Waals surface area contributed by atoms with Gasteiger partial charge in [0.25, 0.3) is 0 Å². The predicted molar refractivity (Wildman–Crippen MR) is 138 cm³/mol. The van der Waals surface area contributed by atoms with Crippen molar-refractivity contribution in [1.82, 2.24) is 10.6 Å². The number of carbonyl (C=O) groups is 1. The minimum absolute atomic E-state index is 0. The van der Waals surface area contributed by atoms with E-state index in [1.54, 1.807) is 7.11 Å². The second-order valence-corrected chi connectivity index (χ2v) is 6.66. The number of anilines is 1. The summed E-state index contributed by atoms with van der Waals surface area (Å²) < 4.78 is 15.2. The minimum atomic E-state index is -0.491. The molecule has 2 aromatic rings. The van der Waals surface area contributed by atoms with Gasteiger partial charge in [-0.05, 0) is 48.7 Å². The molecule has 0 spiro atoms. The highest BCUT2D eigenvalue weighted by Gasteiger charge is 2.03. The van der Waals surface area contributed by atoms with Gasteiger partial charge in [0, 0.05) is 32.0 Å². The molecule has 0 fully saturated rings. The van der Waals surface area contributed by atoms with Gasteiger partial charge >= 0.3 is 6.09 Å². The lowest BCUT2D eigenvalue weighted by atomic mass is 10.2. The van der Waals surface area contributed by atoms with Gasteiger partial charge in [-0.2, -0.15) is 0 Å². The van der Waals surface area contributed by atoms with Crippen LogP contribution in [0.5, 0.6) is 5.75 Å². The fourth-order valence-corrected chi connectivity index (χ4v) is 2.66. The van der Waals surface area contributed by atoms with E-state index in [0.717, 1.165) is 42.4 Å². The number of hydrogen-bond donors (Lipinski definition) is 3. The molecule has 8 nitrogen and oxygen atoms in total. The van der Waals surface area contributed by atoms with Gasteiger partial charge < -0.3 is 24.8 Å². The minimum Gasteiger partial charge on any atom is -0.497 e. The zero-order valence-corrected chi connectivity index (χ0v) is 21.2. The van der Waals surface area contributed by atoms with Crippen molar-refractivity contribution in [3.8, 4) is 5.75 Å². The molecule has 0 aliphatic heterocycles. The highest BCUT2D eigenvalue weighted by Crippen LogP contribution is 2.12. The van der Waals surface area contributed by atoms with E-state index in [1.807, 2.05) is 55.5 Å². The molecule has 176 valence electrons. The first-order chi connectivity index (χ1) is 15.1. The average molecular weight is 556 g/mol. The summed E-state index contributed by atoms with van der Waals surface area (Å²) in [4.78, 5) is 16.0. The summed E-state index contributed by atoms with van der Waals surface area (Å²) in [6.45, 7) is 5.33. The molecule has 32 heavy (non-hydrogen) atoms. The number of aliphatic imine (C=N–C) groups is 1. The monoisotopic (exact) mass is 556 g/mol. The van der Waals surface area contributed by atoms with Gasteiger partial charge in [0.15, 0.2) is 5.96 Å². The Kier molecular flexibility index (Phi) is 13.9. The first kappa shape index (κ1) is 27.5. The van der Waals surface area contributed by atoms with Gasteiger partial charge in [0.05, 0.1) is 20.8 Å². The number of ether oxygens (including phenoxy) is 3. The Bertz CT molecular complexity index is 814. The van der Waals surface area contributed by atoms with Crippen LogP contribution in [-0.2, 0) is 22.6 Å². The fourth-order valence-electron chi connectivity index (χ4n) is 2.66. The third kappa shape index (κ3) is 10.7. The third-order valence-corrected chi connectivity index (χ3v) is 4.39. The molecule has 0 saturated carbocycles. The topological polar surface area (TPSA) is 93.2 Å². The van der Waals surface area contributed by atoms with Crippen LogP contribution in [0.1, 0.15) is 24.5 Å². The second kappa shape index (κ2) is 16.2. The Hall–Kier alpha value is -2.53. The number of nitrogens with zero attached hydrogens (tertiary/aromatic N) is 1. The summed E-state index contributed by atoms with van der Waals surface area (Å²) in [5.41, 5.74) is 2.83. The molecule has 3 N–H and O–H groups in total. The maximum Gasteiger partial charge on any atom is 0.411 e. The fraction of sp³-hybridized carbons (Fsp3) is 0.391. The maximum atomic E-state index is 11.3. The van der Waals surface area contributed by atoms with Crippen molar-refractivity contribution in [3.05, 3.63) is 59.7 Å². The Labute approximate surface area is 207 Å². The summed E-state index contributed by atoms with van der Waals surface area (Å²) in [7, 11) is 2.99. The average Bonchev–Trinajstić information content (AvgIpc) is 2.81. The third-order valence-electron chi connectivity index (χ3n) is 4.39. The Morgan fingerprint density at radius 3 is 2.28 bits per heavy atom. The van der Waals surface area contributed by atoms with E-state index in [1.165, 1.54) is 7.11 Å². The van der Waals surface area contributed by atoms with E-state index in [9.17, 15) is 4.79 Å². The van der Waals surface area contributed by atoms with Gasteiger partial charge in [-0.25, -0.2) is 9.79 Å². The van der Waals surface area contributed by atoms with E-state index in [2.05, 4.69) is 25.7 Å². The van der Waals surface area contributed by atoms with Crippen LogP contribution in [0.25, 0.3) is 0 Å². The number of guanidine groups is 1. The van der Waals surface area contributed by atoms with Crippen molar-refractivity contribution in [2.75, 3.05) is 39.3 Å². The van der Waals surface area contributed by atoms with Gasteiger partial charge in [-0.1, -0.05) is 24.3 Å². The van der Waals surface area contributed by atoms with Crippen molar-refractivity contribution in [2.45, 2.75) is 26.4 Å². The molecule has 0 radical (unpaired) electrons. The maximum absolute atomic E-state index is 11.3. The molecule has 2 aromatic carbocycles. The molecule has 0 bridgehead atoms. The van der Waals surface area contributed by atoms with Crippen LogP contribution >= 0.6 is 24.0 Å². The highest BCUT2D eigenvalue weighted by atomic mass is 127. The van der Waals surface area contributed by atoms with Crippen LogP contribution < -0.4 is 20.7 Å². The largest absolute Gasteiger partial charge is 0.497 e. The Morgan fingerprint density at radius 2 is 1.66 bits per heavy atom. The molecule has 0 aliphatic rings. The van der Waals surface area contributed by atoms with E-state index >= 15 is 0 Å². The van der Waals surface area contributed by atoms with E-state index in [4.69, 9.17) is 9.47 Å².